The molecule has 2 rings (SSSR count). The molecule has 0 unspecified atom stereocenters. The van der Waals surface area contributed by atoms with E-state index in [1.54, 1.807) is 0 Å². The lowest BCUT2D eigenvalue weighted by atomic mass is 9.91. The van der Waals surface area contributed by atoms with E-state index in [0.29, 0.717) is 10.6 Å². The van der Waals surface area contributed by atoms with Crippen LogP contribution in [0.25, 0.3) is 10.8 Å². The van der Waals surface area contributed by atoms with E-state index in [-0.39, 0.29) is 5.41 Å². The zero-order valence-electron chi connectivity index (χ0n) is 8.48. The predicted molar refractivity (Wildman–Crippen MR) is 59.6 cm³/mol. The van der Waals surface area contributed by atoms with Gasteiger partial charge in [0.1, 0.15) is 4.88 Å². The summed E-state index contributed by atoms with van der Waals surface area (Å²) in [6.07, 6.45) is 0. The first-order valence-corrected chi connectivity index (χ1v) is 5.87. The summed E-state index contributed by atoms with van der Waals surface area (Å²) < 4.78 is 9.43. The van der Waals surface area contributed by atoms with Gasteiger partial charge >= 0.3 is 0 Å². The Morgan fingerprint density at radius 2 is 2.07 bits per heavy atom. The molecule has 0 aliphatic heterocycles. The maximum atomic E-state index is 5.07. The van der Waals surface area contributed by atoms with Crippen molar-refractivity contribution < 1.29 is 4.52 Å². The number of hydrogen-bond acceptors (Lipinski definition) is 6. The van der Waals surface area contributed by atoms with Gasteiger partial charge < -0.3 is 4.52 Å². The maximum absolute atomic E-state index is 5.07. The Balaban J connectivity index is 2.50. The molecule has 15 heavy (non-hydrogen) atoms. The topological polar surface area (TPSA) is 64.7 Å². The SMILES string of the molecule is CC(C)(C)c1nnsc1-c1nc(Br)no1. The molecule has 7 heteroatoms. The number of rotatable bonds is 1. The van der Waals surface area contributed by atoms with E-state index in [9.17, 15) is 0 Å². The summed E-state index contributed by atoms with van der Waals surface area (Å²) in [5, 5.41) is 7.78. The quantitative estimate of drug-likeness (QED) is 0.807. The monoisotopic (exact) mass is 288 g/mol. The highest BCUT2D eigenvalue weighted by Crippen LogP contribution is 2.33. The normalized spacial score (nSPS) is 12.0. The lowest BCUT2D eigenvalue weighted by Gasteiger charge is -2.14. The summed E-state index contributed by atoms with van der Waals surface area (Å²) in [6.45, 7) is 6.20. The molecule has 80 valence electrons. The highest BCUT2D eigenvalue weighted by Gasteiger charge is 2.26. The molecule has 0 spiro atoms. The molecule has 0 aliphatic carbocycles. The van der Waals surface area contributed by atoms with Crippen molar-refractivity contribution in [3.8, 4) is 10.8 Å². The average Bonchev–Trinajstić information content (AvgIpc) is 2.68. The molecule has 0 radical (unpaired) electrons. The summed E-state index contributed by atoms with van der Waals surface area (Å²) in [5.74, 6) is 0.460. The lowest BCUT2D eigenvalue weighted by Crippen LogP contribution is -2.13. The summed E-state index contributed by atoms with van der Waals surface area (Å²) >= 11 is 4.41. The van der Waals surface area contributed by atoms with E-state index in [1.807, 2.05) is 0 Å². The molecule has 0 N–H and O–H groups in total. The number of hydrogen-bond donors (Lipinski definition) is 0. The second-order valence-electron chi connectivity index (χ2n) is 4.07. The van der Waals surface area contributed by atoms with Crippen molar-refractivity contribution in [1.82, 2.24) is 19.7 Å². The number of aromatic nitrogens is 4. The zero-order valence-corrected chi connectivity index (χ0v) is 10.9. The molecule has 0 aliphatic rings. The van der Waals surface area contributed by atoms with E-state index in [1.165, 1.54) is 11.5 Å². The van der Waals surface area contributed by atoms with E-state index in [2.05, 4.69) is 56.4 Å². The second kappa shape index (κ2) is 3.64. The zero-order chi connectivity index (χ0) is 11.1. The first-order valence-electron chi connectivity index (χ1n) is 4.31. The van der Waals surface area contributed by atoms with Crippen LogP contribution in [-0.4, -0.2) is 19.7 Å². The highest BCUT2D eigenvalue weighted by molar-refractivity contribution is 9.10. The van der Waals surface area contributed by atoms with Gasteiger partial charge in [-0.25, -0.2) is 0 Å². The fourth-order valence-corrected chi connectivity index (χ4v) is 2.15. The number of nitrogens with zero attached hydrogens (tertiary/aromatic N) is 4. The van der Waals surface area contributed by atoms with Crippen LogP contribution in [0.2, 0.25) is 0 Å². The second-order valence-corrected chi connectivity index (χ2v) is 5.53. The molecule has 2 heterocycles. The van der Waals surface area contributed by atoms with Crippen LogP contribution in [0.4, 0.5) is 0 Å². The first kappa shape index (κ1) is 10.7. The minimum absolute atomic E-state index is 0.0801. The summed E-state index contributed by atoms with van der Waals surface area (Å²) in [4.78, 5) is 4.93. The Morgan fingerprint density at radius 1 is 1.33 bits per heavy atom. The largest absolute Gasteiger partial charge is 0.332 e. The summed E-state index contributed by atoms with van der Waals surface area (Å²) in [5.41, 5.74) is 0.798. The molecule has 5 nitrogen and oxygen atoms in total. The highest BCUT2D eigenvalue weighted by atomic mass is 79.9. The molecule has 2 aromatic heterocycles. The van der Waals surface area contributed by atoms with Crippen LogP contribution in [0, 0.1) is 0 Å². The van der Waals surface area contributed by atoms with E-state index >= 15 is 0 Å². The van der Waals surface area contributed by atoms with Crippen molar-refractivity contribution >= 4 is 27.5 Å². The van der Waals surface area contributed by atoms with E-state index in [4.69, 9.17) is 4.52 Å². The van der Waals surface area contributed by atoms with Crippen molar-refractivity contribution in [2.45, 2.75) is 26.2 Å². The third-order valence-electron chi connectivity index (χ3n) is 1.79. The fourth-order valence-electron chi connectivity index (χ4n) is 1.12. The summed E-state index contributed by atoms with van der Waals surface area (Å²) in [6, 6.07) is 0. The Morgan fingerprint density at radius 3 is 2.60 bits per heavy atom. The Labute approximate surface area is 99.2 Å². The Bertz CT molecular complexity index is 473. The third kappa shape index (κ3) is 2.07. The van der Waals surface area contributed by atoms with Crippen LogP contribution >= 0.6 is 27.5 Å². The van der Waals surface area contributed by atoms with Gasteiger partial charge in [0.15, 0.2) is 0 Å². The molecule has 0 atom stereocenters. The molecule has 0 bridgehead atoms. The Hall–Kier alpha value is -0.820. The van der Waals surface area contributed by atoms with Crippen LogP contribution in [0.3, 0.4) is 0 Å². The predicted octanol–water partition coefficient (Wildman–Crippen LogP) is 2.65. The standard InChI is InChI=1S/C8H9BrN4OS/c1-8(2,3)5-4(15-13-11-5)6-10-7(9)12-14-6/h1-3H3. The van der Waals surface area contributed by atoms with Crippen LogP contribution in [-0.2, 0) is 5.41 Å². The molecule has 0 fully saturated rings. The van der Waals surface area contributed by atoms with Gasteiger partial charge in [0, 0.05) is 5.41 Å². The smallest absolute Gasteiger partial charge is 0.272 e. The van der Waals surface area contributed by atoms with Crippen molar-refractivity contribution in [3.05, 3.63) is 10.4 Å². The van der Waals surface area contributed by atoms with Gasteiger partial charge in [0.25, 0.3) is 5.89 Å². The van der Waals surface area contributed by atoms with Crippen molar-refractivity contribution in [1.29, 1.82) is 0 Å². The van der Waals surface area contributed by atoms with Gasteiger partial charge in [-0.1, -0.05) is 25.3 Å². The van der Waals surface area contributed by atoms with Crippen LogP contribution < -0.4 is 0 Å². The van der Waals surface area contributed by atoms with Crippen LogP contribution in [0.1, 0.15) is 26.5 Å². The first-order chi connectivity index (χ1) is 6.98. The van der Waals surface area contributed by atoms with Gasteiger partial charge in [-0.3, -0.25) is 0 Å². The van der Waals surface area contributed by atoms with Crippen LogP contribution in [0.5, 0.6) is 0 Å². The minimum atomic E-state index is -0.0801. The van der Waals surface area contributed by atoms with Gasteiger partial charge in [-0.2, -0.15) is 4.98 Å². The summed E-state index contributed by atoms with van der Waals surface area (Å²) in [7, 11) is 0. The molecule has 0 saturated heterocycles. The maximum Gasteiger partial charge on any atom is 0.272 e. The fraction of sp³-hybridized carbons (Fsp3) is 0.500. The van der Waals surface area contributed by atoms with Crippen LogP contribution in [0.15, 0.2) is 9.26 Å². The van der Waals surface area contributed by atoms with Gasteiger partial charge in [-0.15, -0.1) is 5.10 Å². The molecular formula is C8H9BrN4OS. The molecule has 2 aromatic rings. The lowest BCUT2D eigenvalue weighted by molar-refractivity contribution is 0.425. The van der Waals surface area contributed by atoms with E-state index in [0.717, 1.165) is 10.6 Å². The third-order valence-corrected chi connectivity index (χ3v) is 2.83. The van der Waals surface area contributed by atoms with Crippen molar-refractivity contribution in [2.24, 2.45) is 0 Å². The number of halogens is 1. The Kier molecular flexibility index (Phi) is 2.59. The molecule has 0 amide bonds. The molecular weight excluding hydrogens is 280 g/mol. The van der Waals surface area contributed by atoms with Gasteiger partial charge in [-0.05, 0) is 32.6 Å². The van der Waals surface area contributed by atoms with Crippen molar-refractivity contribution in [3.63, 3.8) is 0 Å². The van der Waals surface area contributed by atoms with Gasteiger partial charge in [0.2, 0.25) is 4.73 Å². The van der Waals surface area contributed by atoms with Crippen molar-refractivity contribution in [2.75, 3.05) is 0 Å². The average molecular weight is 289 g/mol. The van der Waals surface area contributed by atoms with Gasteiger partial charge in [0.05, 0.1) is 5.69 Å². The molecule has 0 saturated carbocycles. The van der Waals surface area contributed by atoms with E-state index < -0.39 is 0 Å². The molecule has 0 aromatic carbocycles. The minimum Gasteiger partial charge on any atom is -0.332 e.